The molecule has 4 heterocycles. The zero-order chi connectivity index (χ0) is 22.7. The van der Waals surface area contributed by atoms with Crippen molar-refractivity contribution in [1.29, 1.82) is 0 Å². The van der Waals surface area contributed by atoms with Crippen LogP contribution in [-0.4, -0.2) is 41.6 Å². The highest BCUT2D eigenvalue weighted by Crippen LogP contribution is 2.52. The fraction of sp³-hybridized carbons (Fsp3) is 0.522. The van der Waals surface area contributed by atoms with Gasteiger partial charge in [-0.2, -0.15) is 5.10 Å². The lowest BCUT2D eigenvalue weighted by Gasteiger charge is -2.44. The lowest BCUT2D eigenvalue weighted by atomic mass is 9.73. The molecule has 7 nitrogen and oxygen atoms in total. The molecule has 3 aromatic heterocycles. The molecule has 2 atom stereocenters. The molecule has 0 amide bonds. The molecule has 170 valence electrons. The number of nitrogens with zero attached hydrogens (tertiary/aromatic N) is 5. The minimum atomic E-state index is -1.16. The SMILES string of the molecule is Cc1nc(N2CCC3(CC2)Cc2cccnc2[C@H]3NS(=O)C(C)(C)C)c2ccnn2c1Br. The molecule has 1 N–H and O–H groups in total. The summed E-state index contributed by atoms with van der Waals surface area (Å²) in [6, 6.07) is 6.20. The summed E-state index contributed by atoms with van der Waals surface area (Å²) in [5.74, 6) is 0.981. The van der Waals surface area contributed by atoms with E-state index in [1.807, 2.05) is 56.7 Å². The second-order valence-corrected chi connectivity index (χ2v) is 12.7. The van der Waals surface area contributed by atoms with E-state index in [0.29, 0.717) is 0 Å². The Kier molecular flexibility index (Phi) is 5.41. The van der Waals surface area contributed by atoms with Gasteiger partial charge in [0.25, 0.3) is 0 Å². The van der Waals surface area contributed by atoms with Gasteiger partial charge in [0.15, 0.2) is 5.82 Å². The molecule has 32 heavy (non-hydrogen) atoms. The van der Waals surface area contributed by atoms with E-state index in [1.54, 1.807) is 0 Å². The van der Waals surface area contributed by atoms with E-state index in [4.69, 9.17) is 9.97 Å². The number of rotatable bonds is 3. The van der Waals surface area contributed by atoms with E-state index < -0.39 is 11.0 Å². The molecule has 0 bridgehead atoms. The summed E-state index contributed by atoms with van der Waals surface area (Å²) in [6.07, 6.45) is 6.61. The first-order chi connectivity index (χ1) is 15.2. The summed E-state index contributed by atoms with van der Waals surface area (Å²) < 4.78 is 19.0. The maximum Gasteiger partial charge on any atom is 0.155 e. The van der Waals surface area contributed by atoms with Gasteiger partial charge in [-0.3, -0.25) is 4.98 Å². The van der Waals surface area contributed by atoms with Gasteiger partial charge >= 0.3 is 0 Å². The predicted octanol–water partition coefficient (Wildman–Crippen LogP) is 4.13. The number of hydrogen-bond acceptors (Lipinski definition) is 5. The number of fused-ring (bicyclic) bond motifs is 2. The van der Waals surface area contributed by atoms with Crippen molar-refractivity contribution >= 4 is 38.3 Å². The van der Waals surface area contributed by atoms with Gasteiger partial charge in [-0.25, -0.2) is 18.4 Å². The van der Waals surface area contributed by atoms with Crippen LogP contribution in [0.1, 0.15) is 56.6 Å². The summed E-state index contributed by atoms with van der Waals surface area (Å²) in [6.45, 7) is 9.82. The first-order valence-electron chi connectivity index (χ1n) is 11.1. The number of aromatic nitrogens is 4. The van der Waals surface area contributed by atoms with Crippen LogP contribution in [0.5, 0.6) is 0 Å². The lowest BCUT2D eigenvalue weighted by Crippen LogP contribution is -2.48. The van der Waals surface area contributed by atoms with E-state index in [2.05, 4.69) is 36.7 Å². The van der Waals surface area contributed by atoms with Crippen LogP contribution in [0.4, 0.5) is 5.82 Å². The Morgan fingerprint density at radius 3 is 2.69 bits per heavy atom. The average molecular weight is 517 g/mol. The third kappa shape index (κ3) is 3.58. The quantitative estimate of drug-likeness (QED) is 0.566. The first kappa shape index (κ1) is 22.0. The van der Waals surface area contributed by atoms with Crippen LogP contribution in [0.3, 0.4) is 0 Å². The van der Waals surface area contributed by atoms with Crippen molar-refractivity contribution < 1.29 is 4.21 Å². The summed E-state index contributed by atoms with van der Waals surface area (Å²) in [7, 11) is -1.16. The van der Waals surface area contributed by atoms with E-state index in [1.165, 1.54) is 5.56 Å². The summed E-state index contributed by atoms with van der Waals surface area (Å²) >= 11 is 3.61. The second kappa shape index (κ2) is 7.88. The number of nitrogens with one attached hydrogen (secondary N) is 1. The number of pyridine rings is 1. The first-order valence-corrected chi connectivity index (χ1v) is 13.0. The number of anilines is 1. The van der Waals surface area contributed by atoms with Crippen molar-refractivity contribution in [2.24, 2.45) is 5.41 Å². The second-order valence-electron chi connectivity index (χ2n) is 9.95. The van der Waals surface area contributed by atoms with Gasteiger partial charge in [0.1, 0.15) is 10.1 Å². The van der Waals surface area contributed by atoms with Crippen LogP contribution in [-0.2, 0) is 17.4 Å². The molecule has 1 unspecified atom stereocenters. The van der Waals surface area contributed by atoms with Crippen molar-refractivity contribution in [2.75, 3.05) is 18.0 Å². The monoisotopic (exact) mass is 516 g/mol. The molecule has 0 aromatic carbocycles. The van der Waals surface area contributed by atoms with Crippen LogP contribution >= 0.6 is 15.9 Å². The van der Waals surface area contributed by atoms with Gasteiger partial charge in [-0.1, -0.05) is 6.07 Å². The van der Waals surface area contributed by atoms with Crippen molar-refractivity contribution in [3.8, 4) is 0 Å². The Morgan fingerprint density at radius 1 is 1.22 bits per heavy atom. The van der Waals surface area contributed by atoms with Crippen LogP contribution in [0, 0.1) is 12.3 Å². The third-order valence-electron chi connectivity index (χ3n) is 6.82. The molecule has 1 fully saturated rings. The van der Waals surface area contributed by atoms with Gasteiger partial charge in [0, 0.05) is 19.3 Å². The molecule has 2 aliphatic rings. The molecule has 9 heteroatoms. The van der Waals surface area contributed by atoms with Gasteiger partial charge in [0.05, 0.1) is 39.4 Å². The van der Waals surface area contributed by atoms with Crippen LogP contribution < -0.4 is 9.62 Å². The zero-order valence-corrected chi connectivity index (χ0v) is 21.3. The predicted molar refractivity (Wildman–Crippen MR) is 131 cm³/mol. The van der Waals surface area contributed by atoms with Gasteiger partial charge in [-0.05, 0) is 86.0 Å². The fourth-order valence-electron chi connectivity index (χ4n) is 5.00. The Balaban J connectivity index is 1.44. The van der Waals surface area contributed by atoms with Crippen LogP contribution in [0.25, 0.3) is 5.52 Å². The molecule has 1 aliphatic carbocycles. The third-order valence-corrected chi connectivity index (χ3v) is 9.30. The smallest absolute Gasteiger partial charge is 0.155 e. The van der Waals surface area contributed by atoms with Crippen molar-refractivity contribution in [1.82, 2.24) is 24.3 Å². The molecule has 1 spiro atoms. The number of piperidine rings is 1. The molecule has 0 saturated carbocycles. The molecule has 0 radical (unpaired) electrons. The highest BCUT2D eigenvalue weighted by Gasteiger charge is 2.49. The normalized spacial score (nSPS) is 21.3. The zero-order valence-electron chi connectivity index (χ0n) is 18.9. The van der Waals surface area contributed by atoms with Gasteiger partial charge in [-0.15, -0.1) is 0 Å². The number of halogens is 1. The molecule has 1 aliphatic heterocycles. The standard InChI is InChI=1S/C23H29BrN6OS/c1-15-20(24)30-17(7-11-26-30)21(27-15)29-12-8-23(9-13-29)14-16-6-5-10-25-18(16)19(23)28-32(31)22(2,3)4/h5-7,10-11,19,28H,8-9,12-14H2,1-4H3/t19-,32?/m1/s1. The fourth-order valence-corrected chi connectivity index (χ4v) is 6.30. The highest BCUT2D eigenvalue weighted by molar-refractivity contribution is 9.10. The van der Waals surface area contributed by atoms with E-state index in [-0.39, 0.29) is 16.2 Å². The summed E-state index contributed by atoms with van der Waals surface area (Å²) in [5, 5.41) is 4.45. The average Bonchev–Trinajstić information content (AvgIpc) is 3.35. The maximum absolute atomic E-state index is 13.1. The van der Waals surface area contributed by atoms with Gasteiger partial charge < -0.3 is 4.90 Å². The minimum absolute atomic E-state index is 0.00416. The largest absolute Gasteiger partial charge is 0.355 e. The summed E-state index contributed by atoms with van der Waals surface area (Å²) in [4.78, 5) is 12.0. The summed E-state index contributed by atoms with van der Waals surface area (Å²) in [5.41, 5.74) is 4.29. The molecular weight excluding hydrogens is 488 g/mol. The van der Waals surface area contributed by atoms with Crippen LogP contribution in [0.15, 0.2) is 35.2 Å². The molecule has 1 saturated heterocycles. The number of hydrogen-bond donors (Lipinski definition) is 1. The Bertz CT molecular complexity index is 1190. The maximum atomic E-state index is 13.1. The van der Waals surface area contributed by atoms with E-state index >= 15 is 0 Å². The van der Waals surface area contributed by atoms with Crippen LogP contribution in [0.2, 0.25) is 0 Å². The van der Waals surface area contributed by atoms with E-state index in [9.17, 15) is 4.21 Å². The molecule has 3 aromatic rings. The van der Waals surface area contributed by atoms with Crippen molar-refractivity contribution in [3.05, 3.63) is 52.1 Å². The van der Waals surface area contributed by atoms with Crippen molar-refractivity contribution in [3.63, 3.8) is 0 Å². The Morgan fingerprint density at radius 2 is 1.97 bits per heavy atom. The molecular formula is C23H29BrN6OS. The Hall–Kier alpha value is -1.84. The molecule has 5 rings (SSSR count). The highest BCUT2D eigenvalue weighted by atomic mass is 79.9. The van der Waals surface area contributed by atoms with Crippen molar-refractivity contribution in [2.45, 2.75) is 57.7 Å². The van der Waals surface area contributed by atoms with Gasteiger partial charge in [0.2, 0.25) is 0 Å². The topological polar surface area (TPSA) is 75.4 Å². The minimum Gasteiger partial charge on any atom is -0.355 e. The Labute approximate surface area is 199 Å². The van der Waals surface area contributed by atoms with E-state index in [0.717, 1.165) is 59.7 Å². The lowest BCUT2D eigenvalue weighted by molar-refractivity contribution is 0.175. The number of aryl methyl sites for hydroxylation is 1.